The number of hydrogen-bond acceptors (Lipinski definition) is 5. The van der Waals surface area contributed by atoms with E-state index in [1.165, 1.54) is 7.11 Å². The first-order chi connectivity index (χ1) is 9.44. The second kappa shape index (κ2) is 7.87. The van der Waals surface area contributed by atoms with Gasteiger partial charge in [0.15, 0.2) is 0 Å². The molecule has 0 heterocycles. The Hall–Kier alpha value is -0.760. The van der Waals surface area contributed by atoms with Crippen LogP contribution in [0.1, 0.15) is 18.9 Å². The van der Waals surface area contributed by atoms with Gasteiger partial charge in [0.2, 0.25) is 10.0 Å². The minimum absolute atomic E-state index is 0.139. The maximum atomic E-state index is 12.3. The Morgan fingerprint density at radius 1 is 1.45 bits per heavy atom. The zero-order chi connectivity index (χ0) is 15.2. The van der Waals surface area contributed by atoms with Gasteiger partial charge in [-0.05, 0) is 30.4 Å². The van der Waals surface area contributed by atoms with Gasteiger partial charge in [0, 0.05) is 18.3 Å². The van der Waals surface area contributed by atoms with Gasteiger partial charge in [0.1, 0.15) is 10.6 Å². The molecule has 0 bridgehead atoms. The van der Waals surface area contributed by atoms with E-state index in [-0.39, 0.29) is 11.4 Å². The molecular weight excluding hydrogens is 296 g/mol. The van der Waals surface area contributed by atoms with Crippen molar-refractivity contribution in [3.05, 3.63) is 23.8 Å². The molecule has 0 fully saturated rings. The highest BCUT2D eigenvalue weighted by Crippen LogP contribution is 2.24. The molecule has 7 heteroatoms. The standard InChI is InChI=1S/C13H22N2O3S2/c1-10(19-3)6-7-15-20(16,17)13-8-11(9-14)4-5-12(13)18-2/h4-5,8,10,15H,6-7,9,14H2,1-3H3. The average molecular weight is 318 g/mol. The van der Waals surface area contributed by atoms with Gasteiger partial charge < -0.3 is 10.5 Å². The second-order valence-corrected chi connectivity index (χ2v) is 7.43. The number of sulfonamides is 1. The quantitative estimate of drug-likeness (QED) is 0.760. The summed E-state index contributed by atoms with van der Waals surface area (Å²) in [5.41, 5.74) is 6.31. The van der Waals surface area contributed by atoms with Gasteiger partial charge in [-0.15, -0.1) is 0 Å². The summed E-state index contributed by atoms with van der Waals surface area (Å²) in [4.78, 5) is 0.139. The van der Waals surface area contributed by atoms with Crippen LogP contribution in [-0.4, -0.2) is 33.6 Å². The Kier molecular flexibility index (Phi) is 6.81. The number of nitrogens with one attached hydrogen (secondary N) is 1. The Morgan fingerprint density at radius 2 is 2.15 bits per heavy atom. The van der Waals surface area contributed by atoms with Crippen molar-refractivity contribution in [2.24, 2.45) is 5.73 Å². The number of rotatable bonds is 8. The molecular formula is C13H22N2O3S2. The van der Waals surface area contributed by atoms with Gasteiger partial charge in [-0.2, -0.15) is 11.8 Å². The molecule has 114 valence electrons. The zero-order valence-corrected chi connectivity index (χ0v) is 13.7. The van der Waals surface area contributed by atoms with Gasteiger partial charge in [0.25, 0.3) is 0 Å². The Balaban J connectivity index is 2.90. The third-order valence-corrected chi connectivity index (χ3v) is 5.52. The number of nitrogens with two attached hydrogens (primary N) is 1. The van der Waals surface area contributed by atoms with E-state index >= 15 is 0 Å². The molecule has 1 unspecified atom stereocenters. The monoisotopic (exact) mass is 318 g/mol. The summed E-state index contributed by atoms with van der Waals surface area (Å²) in [5, 5.41) is 0.412. The summed E-state index contributed by atoms with van der Waals surface area (Å²) in [6.07, 6.45) is 2.78. The van der Waals surface area contributed by atoms with Gasteiger partial charge in [-0.1, -0.05) is 13.0 Å². The minimum atomic E-state index is -3.58. The van der Waals surface area contributed by atoms with Crippen LogP contribution in [0.5, 0.6) is 5.75 Å². The van der Waals surface area contributed by atoms with Crippen molar-refractivity contribution in [2.45, 2.75) is 30.0 Å². The van der Waals surface area contributed by atoms with E-state index in [9.17, 15) is 8.42 Å². The summed E-state index contributed by atoms with van der Waals surface area (Å²) in [6, 6.07) is 4.94. The van der Waals surface area contributed by atoms with E-state index in [2.05, 4.69) is 11.6 Å². The van der Waals surface area contributed by atoms with Gasteiger partial charge in [-0.25, -0.2) is 13.1 Å². The fraction of sp³-hybridized carbons (Fsp3) is 0.538. The molecule has 20 heavy (non-hydrogen) atoms. The lowest BCUT2D eigenvalue weighted by atomic mass is 10.2. The second-order valence-electron chi connectivity index (χ2n) is 4.42. The number of methoxy groups -OCH3 is 1. The first kappa shape index (κ1) is 17.3. The van der Waals surface area contributed by atoms with Crippen molar-refractivity contribution >= 4 is 21.8 Å². The molecule has 0 amide bonds. The van der Waals surface area contributed by atoms with Crippen LogP contribution in [0.15, 0.2) is 23.1 Å². The Morgan fingerprint density at radius 3 is 2.70 bits per heavy atom. The molecule has 1 aromatic rings. The van der Waals surface area contributed by atoms with Crippen molar-refractivity contribution in [1.82, 2.24) is 4.72 Å². The van der Waals surface area contributed by atoms with Crippen LogP contribution in [0.2, 0.25) is 0 Å². The normalized spacial score (nSPS) is 13.2. The molecule has 0 spiro atoms. The average Bonchev–Trinajstić information content (AvgIpc) is 2.46. The van der Waals surface area contributed by atoms with Crippen LogP contribution in [0, 0.1) is 0 Å². The number of benzene rings is 1. The Bertz CT molecular complexity index is 532. The van der Waals surface area contributed by atoms with Crippen LogP contribution in [-0.2, 0) is 16.6 Å². The maximum Gasteiger partial charge on any atom is 0.244 e. The molecule has 0 aliphatic heterocycles. The molecule has 1 aromatic carbocycles. The van der Waals surface area contributed by atoms with Crippen LogP contribution in [0.4, 0.5) is 0 Å². The van der Waals surface area contributed by atoms with E-state index in [1.54, 1.807) is 30.0 Å². The molecule has 1 atom stereocenters. The maximum absolute atomic E-state index is 12.3. The van der Waals surface area contributed by atoms with Crippen LogP contribution >= 0.6 is 11.8 Å². The third-order valence-electron chi connectivity index (χ3n) is 3.00. The topological polar surface area (TPSA) is 81.4 Å². The highest BCUT2D eigenvalue weighted by molar-refractivity contribution is 7.99. The van der Waals surface area contributed by atoms with Crippen molar-refractivity contribution in [3.8, 4) is 5.75 Å². The Labute approximate surface area is 125 Å². The van der Waals surface area contributed by atoms with Crippen molar-refractivity contribution in [3.63, 3.8) is 0 Å². The fourth-order valence-corrected chi connectivity index (χ4v) is 3.27. The van der Waals surface area contributed by atoms with Crippen LogP contribution in [0.25, 0.3) is 0 Å². The van der Waals surface area contributed by atoms with Gasteiger partial charge in [-0.3, -0.25) is 0 Å². The summed E-state index contributed by atoms with van der Waals surface area (Å²) in [7, 11) is -2.13. The lowest BCUT2D eigenvalue weighted by Crippen LogP contribution is -2.27. The molecule has 0 aliphatic rings. The van der Waals surface area contributed by atoms with Gasteiger partial charge in [0.05, 0.1) is 7.11 Å². The molecule has 0 aromatic heterocycles. The predicted molar refractivity (Wildman–Crippen MR) is 83.7 cm³/mol. The summed E-state index contributed by atoms with van der Waals surface area (Å²) in [5.74, 6) is 0.326. The first-order valence-corrected chi connectivity index (χ1v) is 9.11. The predicted octanol–water partition coefficient (Wildman–Crippen LogP) is 1.57. The molecule has 3 N–H and O–H groups in total. The van der Waals surface area contributed by atoms with E-state index in [4.69, 9.17) is 10.5 Å². The lowest BCUT2D eigenvalue weighted by Gasteiger charge is -2.13. The largest absolute Gasteiger partial charge is 0.495 e. The van der Waals surface area contributed by atoms with Crippen LogP contribution in [0.3, 0.4) is 0 Å². The molecule has 0 aliphatic carbocycles. The fourth-order valence-electron chi connectivity index (χ4n) is 1.65. The van der Waals surface area contributed by atoms with E-state index < -0.39 is 10.0 Å². The summed E-state index contributed by atoms with van der Waals surface area (Å²) < 4.78 is 32.3. The minimum Gasteiger partial charge on any atom is -0.495 e. The van der Waals surface area contributed by atoms with Crippen LogP contribution < -0.4 is 15.2 Å². The van der Waals surface area contributed by atoms with Crippen molar-refractivity contribution < 1.29 is 13.2 Å². The molecule has 0 saturated heterocycles. The van der Waals surface area contributed by atoms with E-state index in [0.717, 1.165) is 12.0 Å². The zero-order valence-electron chi connectivity index (χ0n) is 12.0. The highest BCUT2D eigenvalue weighted by atomic mass is 32.2. The van der Waals surface area contributed by atoms with Crippen molar-refractivity contribution in [1.29, 1.82) is 0 Å². The lowest BCUT2D eigenvalue weighted by molar-refractivity contribution is 0.402. The highest BCUT2D eigenvalue weighted by Gasteiger charge is 2.19. The SMILES string of the molecule is COc1ccc(CN)cc1S(=O)(=O)NCCC(C)SC. The van der Waals surface area contributed by atoms with E-state index in [0.29, 0.717) is 17.5 Å². The first-order valence-electron chi connectivity index (χ1n) is 6.34. The van der Waals surface area contributed by atoms with Crippen molar-refractivity contribution in [2.75, 3.05) is 19.9 Å². The van der Waals surface area contributed by atoms with Gasteiger partial charge >= 0.3 is 0 Å². The number of ether oxygens (including phenoxy) is 1. The number of hydrogen-bond donors (Lipinski definition) is 2. The molecule has 1 rings (SSSR count). The third kappa shape index (κ3) is 4.66. The summed E-state index contributed by atoms with van der Waals surface area (Å²) in [6.45, 7) is 2.75. The molecule has 0 radical (unpaired) electrons. The smallest absolute Gasteiger partial charge is 0.244 e. The summed E-state index contributed by atoms with van der Waals surface area (Å²) >= 11 is 1.71. The number of thioether (sulfide) groups is 1. The molecule has 5 nitrogen and oxygen atoms in total. The molecule has 0 saturated carbocycles. The van der Waals surface area contributed by atoms with E-state index in [1.807, 2.05) is 6.26 Å².